The lowest BCUT2D eigenvalue weighted by Gasteiger charge is -2.60. The van der Waals surface area contributed by atoms with E-state index in [-0.39, 0.29) is 22.9 Å². The van der Waals surface area contributed by atoms with Crippen molar-refractivity contribution in [3.05, 3.63) is 0 Å². The Labute approximate surface area is 177 Å². The molecule has 0 saturated heterocycles. The molecule has 4 aliphatic rings. The Kier molecular flexibility index (Phi) is 5.77. The molecular formula is C26H42O3. The van der Waals surface area contributed by atoms with Gasteiger partial charge in [0.2, 0.25) is 0 Å². The third-order valence-corrected chi connectivity index (χ3v) is 10.4. The molecule has 0 aromatic rings. The second kappa shape index (κ2) is 7.77. The predicted molar refractivity (Wildman–Crippen MR) is 115 cm³/mol. The fraction of sp³-hybridized carbons (Fsp3) is 0.923. The van der Waals surface area contributed by atoms with Crippen molar-refractivity contribution in [1.29, 1.82) is 0 Å². The number of unbranched alkanes of at least 4 members (excludes halogenated alkanes) is 1. The molecule has 3 nitrogen and oxygen atoms in total. The van der Waals surface area contributed by atoms with Gasteiger partial charge in [0.25, 0.3) is 0 Å². The number of carbonyl (C=O) groups is 2. The van der Waals surface area contributed by atoms with Crippen LogP contribution in [0.3, 0.4) is 0 Å². The van der Waals surface area contributed by atoms with Crippen LogP contribution in [0.4, 0.5) is 0 Å². The number of hydrogen-bond donors (Lipinski definition) is 1. The molecule has 0 aromatic carbocycles. The molecule has 0 radical (unpaired) electrons. The first-order valence-electron chi connectivity index (χ1n) is 12.4. The normalized spacial score (nSPS) is 46.6. The highest BCUT2D eigenvalue weighted by molar-refractivity contribution is 5.90. The summed E-state index contributed by atoms with van der Waals surface area (Å²) in [6, 6.07) is 0. The number of carbonyl (C=O) groups excluding carboxylic acids is 2. The smallest absolute Gasteiger partial charge is 0.137 e. The average molecular weight is 403 g/mol. The van der Waals surface area contributed by atoms with Crippen LogP contribution in [0.15, 0.2) is 0 Å². The molecule has 29 heavy (non-hydrogen) atoms. The van der Waals surface area contributed by atoms with E-state index in [2.05, 4.69) is 27.7 Å². The molecule has 0 bridgehead atoms. The Bertz CT molecular complexity index is 656. The predicted octanol–water partition coefficient (Wildman–Crippen LogP) is 5.58. The van der Waals surface area contributed by atoms with Gasteiger partial charge < -0.3 is 5.11 Å². The summed E-state index contributed by atoms with van der Waals surface area (Å²) < 4.78 is 0. The monoisotopic (exact) mass is 402 g/mol. The van der Waals surface area contributed by atoms with Crippen molar-refractivity contribution in [3.63, 3.8) is 0 Å². The van der Waals surface area contributed by atoms with Crippen molar-refractivity contribution in [2.45, 2.75) is 104 Å². The van der Waals surface area contributed by atoms with Gasteiger partial charge in [0, 0.05) is 25.2 Å². The molecule has 0 amide bonds. The van der Waals surface area contributed by atoms with E-state index in [4.69, 9.17) is 0 Å². The molecule has 0 aromatic heterocycles. The molecule has 0 aliphatic heterocycles. The summed E-state index contributed by atoms with van der Waals surface area (Å²) in [4.78, 5) is 25.3. The van der Waals surface area contributed by atoms with Crippen molar-refractivity contribution < 1.29 is 14.7 Å². The molecule has 0 heterocycles. The molecule has 4 aliphatic carbocycles. The molecule has 9 atom stereocenters. The molecule has 4 saturated carbocycles. The SMILES string of the molecule is CCCC[C@@H](O)[C@@H](C)[C@H]1CC[C@H]2[C@@H]3CC(=O)[C@H]4CC(=O)CC[C@]4(C)[C@H]3CC[C@]12C. The van der Waals surface area contributed by atoms with Gasteiger partial charge in [0.05, 0.1) is 6.10 Å². The van der Waals surface area contributed by atoms with E-state index in [1.807, 2.05) is 0 Å². The van der Waals surface area contributed by atoms with E-state index in [1.165, 1.54) is 25.7 Å². The van der Waals surface area contributed by atoms with Crippen molar-refractivity contribution >= 4 is 11.6 Å². The van der Waals surface area contributed by atoms with E-state index >= 15 is 0 Å². The Balaban J connectivity index is 1.56. The summed E-state index contributed by atoms with van der Waals surface area (Å²) in [5.74, 6) is 3.32. The lowest BCUT2D eigenvalue weighted by Crippen LogP contribution is -2.57. The summed E-state index contributed by atoms with van der Waals surface area (Å²) in [6.45, 7) is 9.29. The van der Waals surface area contributed by atoms with Crippen LogP contribution in [-0.4, -0.2) is 22.8 Å². The summed E-state index contributed by atoms with van der Waals surface area (Å²) in [6.07, 6.45) is 10.7. The van der Waals surface area contributed by atoms with Crippen LogP contribution >= 0.6 is 0 Å². The zero-order valence-corrected chi connectivity index (χ0v) is 19.1. The summed E-state index contributed by atoms with van der Waals surface area (Å²) >= 11 is 0. The number of ketones is 2. The highest BCUT2D eigenvalue weighted by Crippen LogP contribution is 2.67. The topological polar surface area (TPSA) is 54.4 Å². The molecule has 1 N–H and O–H groups in total. The Morgan fingerprint density at radius 1 is 1.03 bits per heavy atom. The van der Waals surface area contributed by atoms with Gasteiger partial charge >= 0.3 is 0 Å². The van der Waals surface area contributed by atoms with Crippen LogP contribution in [0.1, 0.15) is 98.3 Å². The standard InChI is InChI=1S/C26H42O3/c1-5-6-7-23(28)16(2)19-8-9-20-18-15-24(29)22-14-17(27)10-12-26(22,4)21(18)11-13-25(19,20)3/h16,18-23,28H,5-15H2,1-4H3/t16-,18-,19+,20-,21-,22+,23+,25+,26+/m0/s1. The largest absolute Gasteiger partial charge is 0.393 e. The highest BCUT2D eigenvalue weighted by Gasteiger charge is 2.62. The quantitative estimate of drug-likeness (QED) is 0.653. The zero-order valence-electron chi connectivity index (χ0n) is 19.1. The van der Waals surface area contributed by atoms with Crippen molar-refractivity contribution in [2.75, 3.05) is 0 Å². The van der Waals surface area contributed by atoms with Crippen LogP contribution < -0.4 is 0 Å². The van der Waals surface area contributed by atoms with Crippen LogP contribution in [0.2, 0.25) is 0 Å². The first-order valence-corrected chi connectivity index (χ1v) is 12.4. The van der Waals surface area contributed by atoms with E-state index in [0.717, 1.165) is 25.7 Å². The number of Topliss-reactive ketones (excluding diaryl/α,β-unsaturated/α-hetero) is 2. The van der Waals surface area contributed by atoms with Crippen LogP contribution in [0, 0.1) is 46.3 Å². The number of aliphatic hydroxyl groups excluding tert-OH is 1. The lowest BCUT2D eigenvalue weighted by atomic mass is 9.44. The zero-order chi connectivity index (χ0) is 21.0. The molecule has 0 unspecified atom stereocenters. The van der Waals surface area contributed by atoms with Gasteiger partial charge in [-0.1, -0.05) is 40.5 Å². The summed E-state index contributed by atoms with van der Waals surface area (Å²) in [5.41, 5.74) is 0.307. The third kappa shape index (κ3) is 3.34. The van der Waals surface area contributed by atoms with Gasteiger partial charge in [-0.25, -0.2) is 0 Å². The number of hydrogen-bond acceptors (Lipinski definition) is 3. The molecule has 4 rings (SSSR count). The fourth-order valence-corrected chi connectivity index (χ4v) is 8.69. The second-order valence-electron chi connectivity index (χ2n) is 11.6. The number of aliphatic hydroxyl groups is 1. The first kappa shape index (κ1) is 21.5. The maximum atomic E-state index is 13.2. The minimum absolute atomic E-state index is 0.0126. The molecule has 0 spiro atoms. The van der Waals surface area contributed by atoms with E-state index in [1.54, 1.807) is 0 Å². The van der Waals surface area contributed by atoms with Gasteiger partial charge in [-0.05, 0) is 78.9 Å². The van der Waals surface area contributed by atoms with Crippen molar-refractivity contribution in [2.24, 2.45) is 46.3 Å². The van der Waals surface area contributed by atoms with Gasteiger partial charge in [-0.15, -0.1) is 0 Å². The average Bonchev–Trinajstić information content (AvgIpc) is 3.04. The summed E-state index contributed by atoms with van der Waals surface area (Å²) in [7, 11) is 0. The highest BCUT2D eigenvalue weighted by atomic mass is 16.3. The lowest BCUT2D eigenvalue weighted by molar-refractivity contribution is -0.159. The minimum atomic E-state index is -0.188. The molecular weight excluding hydrogens is 360 g/mol. The Hall–Kier alpha value is -0.700. The van der Waals surface area contributed by atoms with E-state index in [9.17, 15) is 14.7 Å². The molecule has 4 fully saturated rings. The van der Waals surface area contributed by atoms with Crippen molar-refractivity contribution in [3.8, 4) is 0 Å². The summed E-state index contributed by atoms with van der Waals surface area (Å²) in [5, 5.41) is 10.8. The first-order chi connectivity index (χ1) is 13.7. The third-order valence-electron chi connectivity index (χ3n) is 10.4. The van der Waals surface area contributed by atoms with Gasteiger partial charge in [-0.2, -0.15) is 0 Å². The maximum Gasteiger partial charge on any atom is 0.137 e. The Morgan fingerprint density at radius 3 is 2.48 bits per heavy atom. The number of fused-ring (bicyclic) bond motifs is 5. The second-order valence-corrected chi connectivity index (χ2v) is 11.6. The van der Waals surface area contributed by atoms with Crippen molar-refractivity contribution in [1.82, 2.24) is 0 Å². The number of rotatable bonds is 5. The molecule has 3 heteroatoms. The fourth-order valence-electron chi connectivity index (χ4n) is 8.69. The Morgan fingerprint density at radius 2 is 1.76 bits per heavy atom. The van der Waals surface area contributed by atoms with E-state index in [0.29, 0.717) is 60.4 Å². The molecule has 164 valence electrons. The van der Waals surface area contributed by atoms with Crippen LogP contribution in [-0.2, 0) is 9.59 Å². The van der Waals surface area contributed by atoms with E-state index < -0.39 is 0 Å². The minimum Gasteiger partial charge on any atom is -0.393 e. The van der Waals surface area contributed by atoms with Gasteiger partial charge in [0.15, 0.2) is 0 Å². The van der Waals surface area contributed by atoms with Gasteiger partial charge in [0.1, 0.15) is 11.6 Å². The maximum absolute atomic E-state index is 13.2. The van der Waals surface area contributed by atoms with Crippen LogP contribution in [0.25, 0.3) is 0 Å². The van der Waals surface area contributed by atoms with Gasteiger partial charge in [-0.3, -0.25) is 9.59 Å². The van der Waals surface area contributed by atoms with Crippen LogP contribution in [0.5, 0.6) is 0 Å².